The minimum Gasteiger partial charge on any atom is -0.491 e. The topological polar surface area (TPSA) is 73.9 Å². The maximum atomic E-state index is 12.6. The Morgan fingerprint density at radius 1 is 0.913 bits per heavy atom. The van der Waals surface area contributed by atoms with Crippen LogP contribution in [0.1, 0.15) is 11.6 Å². The van der Waals surface area contributed by atoms with Crippen LogP contribution in [-0.2, 0) is 10.0 Å². The van der Waals surface area contributed by atoms with Gasteiger partial charge in [0.25, 0.3) is 0 Å². The smallest absolute Gasteiger partial charge is 0.241 e. The number of benzene rings is 2. The molecule has 1 N–H and O–H groups in total. The second-order valence-electron chi connectivity index (χ2n) is 5.33. The van der Waals surface area contributed by atoms with Crippen molar-refractivity contribution >= 4 is 10.0 Å². The molecular formula is C16H15NO5S. The summed E-state index contributed by atoms with van der Waals surface area (Å²) < 4.78 is 44.3. The van der Waals surface area contributed by atoms with Gasteiger partial charge in [-0.25, -0.2) is 13.1 Å². The van der Waals surface area contributed by atoms with Crippen molar-refractivity contribution < 1.29 is 22.6 Å². The lowest BCUT2D eigenvalue weighted by Crippen LogP contribution is -2.29. The van der Waals surface area contributed by atoms with Crippen molar-refractivity contribution in [1.29, 1.82) is 0 Å². The second kappa shape index (κ2) is 5.43. The molecule has 1 atom stereocenters. The molecule has 6 nitrogen and oxygen atoms in total. The summed E-state index contributed by atoms with van der Waals surface area (Å²) >= 11 is 0. The number of sulfonamides is 1. The van der Waals surface area contributed by atoms with E-state index in [1.807, 2.05) is 24.3 Å². The summed E-state index contributed by atoms with van der Waals surface area (Å²) in [6.07, 6.45) is 0. The first-order valence-electron chi connectivity index (χ1n) is 7.27. The molecule has 0 aliphatic carbocycles. The molecule has 0 spiro atoms. The summed E-state index contributed by atoms with van der Waals surface area (Å²) in [5, 5.41) is 0. The predicted octanol–water partition coefficient (Wildman–Crippen LogP) is 1.87. The quantitative estimate of drug-likeness (QED) is 0.928. The Morgan fingerprint density at radius 3 is 2.57 bits per heavy atom. The lowest BCUT2D eigenvalue weighted by atomic mass is 10.1. The van der Waals surface area contributed by atoms with E-state index >= 15 is 0 Å². The Hall–Kier alpha value is -2.25. The SMILES string of the molecule is O=S(=O)(N[C@H]1COc2ccccc21)c1ccc2c(c1)OCCO2. The fourth-order valence-corrected chi connectivity index (χ4v) is 3.92. The fourth-order valence-electron chi connectivity index (χ4n) is 2.71. The molecular weight excluding hydrogens is 318 g/mol. The van der Waals surface area contributed by atoms with Gasteiger partial charge in [-0.1, -0.05) is 18.2 Å². The lowest BCUT2D eigenvalue weighted by Gasteiger charge is -2.19. The number of hydrogen-bond acceptors (Lipinski definition) is 5. The molecule has 2 heterocycles. The van der Waals surface area contributed by atoms with Gasteiger partial charge >= 0.3 is 0 Å². The standard InChI is InChI=1S/C16H15NO5S/c18-23(19,11-5-6-15-16(9-11)21-8-7-20-15)17-13-10-22-14-4-2-1-3-12(13)14/h1-6,9,13,17H,7-8,10H2/t13-/m0/s1. The Kier molecular flexibility index (Phi) is 3.39. The second-order valence-corrected chi connectivity index (χ2v) is 7.04. The van der Waals surface area contributed by atoms with E-state index in [9.17, 15) is 8.42 Å². The molecule has 2 aromatic rings. The summed E-state index contributed by atoms with van der Waals surface area (Å²) in [6.45, 7) is 1.16. The summed E-state index contributed by atoms with van der Waals surface area (Å²) in [5.74, 6) is 1.72. The molecule has 2 aliphatic rings. The zero-order chi connectivity index (χ0) is 15.9. The molecule has 23 heavy (non-hydrogen) atoms. The molecule has 120 valence electrons. The number of nitrogens with one attached hydrogen (secondary N) is 1. The van der Waals surface area contributed by atoms with Crippen LogP contribution in [-0.4, -0.2) is 28.2 Å². The van der Waals surface area contributed by atoms with Gasteiger partial charge in [-0.05, 0) is 18.2 Å². The van der Waals surface area contributed by atoms with Crippen molar-refractivity contribution in [2.75, 3.05) is 19.8 Å². The maximum absolute atomic E-state index is 12.6. The van der Waals surface area contributed by atoms with Crippen LogP contribution < -0.4 is 18.9 Å². The van der Waals surface area contributed by atoms with Crippen molar-refractivity contribution in [2.24, 2.45) is 0 Å². The molecule has 2 aromatic carbocycles. The van der Waals surface area contributed by atoms with Crippen molar-refractivity contribution in [3.63, 3.8) is 0 Å². The van der Waals surface area contributed by atoms with Crippen LogP contribution in [0.5, 0.6) is 17.2 Å². The molecule has 2 aliphatic heterocycles. The number of ether oxygens (including phenoxy) is 3. The zero-order valence-electron chi connectivity index (χ0n) is 12.2. The predicted molar refractivity (Wildman–Crippen MR) is 82.4 cm³/mol. The highest BCUT2D eigenvalue weighted by Gasteiger charge is 2.29. The highest BCUT2D eigenvalue weighted by atomic mass is 32.2. The normalized spacial score (nSPS) is 19.0. The van der Waals surface area contributed by atoms with E-state index in [-0.39, 0.29) is 11.5 Å². The fraction of sp³-hybridized carbons (Fsp3) is 0.250. The van der Waals surface area contributed by atoms with E-state index in [1.54, 1.807) is 6.07 Å². The molecule has 0 bridgehead atoms. The summed E-state index contributed by atoms with van der Waals surface area (Å²) in [4.78, 5) is 0.145. The highest BCUT2D eigenvalue weighted by molar-refractivity contribution is 7.89. The van der Waals surface area contributed by atoms with E-state index in [4.69, 9.17) is 14.2 Å². The van der Waals surface area contributed by atoms with Crippen molar-refractivity contribution in [3.05, 3.63) is 48.0 Å². The van der Waals surface area contributed by atoms with Crippen molar-refractivity contribution in [1.82, 2.24) is 4.72 Å². The van der Waals surface area contributed by atoms with Crippen LogP contribution in [0.2, 0.25) is 0 Å². The minimum atomic E-state index is -3.69. The van der Waals surface area contributed by atoms with Gasteiger partial charge in [0.05, 0.1) is 10.9 Å². The third kappa shape index (κ3) is 2.62. The highest BCUT2D eigenvalue weighted by Crippen LogP contribution is 2.35. The van der Waals surface area contributed by atoms with Crippen LogP contribution in [0.15, 0.2) is 47.4 Å². The van der Waals surface area contributed by atoms with Crippen LogP contribution in [0.25, 0.3) is 0 Å². The third-order valence-corrected chi connectivity index (χ3v) is 5.29. The number of fused-ring (bicyclic) bond motifs is 2. The zero-order valence-corrected chi connectivity index (χ0v) is 13.0. The van der Waals surface area contributed by atoms with Gasteiger partial charge in [-0.2, -0.15) is 0 Å². The van der Waals surface area contributed by atoms with Crippen LogP contribution in [0.3, 0.4) is 0 Å². The molecule has 7 heteroatoms. The van der Waals surface area contributed by atoms with E-state index < -0.39 is 16.1 Å². The molecule has 0 amide bonds. The third-order valence-electron chi connectivity index (χ3n) is 3.82. The Bertz CT molecular complexity index is 849. The molecule has 0 saturated heterocycles. The molecule has 0 unspecified atom stereocenters. The average molecular weight is 333 g/mol. The maximum Gasteiger partial charge on any atom is 0.241 e. The lowest BCUT2D eigenvalue weighted by molar-refractivity contribution is 0.171. The number of para-hydroxylation sites is 1. The molecule has 0 aromatic heterocycles. The summed E-state index contributed by atoms with van der Waals surface area (Å²) in [6, 6.07) is 11.6. The Morgan fingerprint density at radius 2 is 1.70 bits per heavy atom. The monoisotopic (exact) mass is 333 g/mol. The Balaban J connectivity index is 1.62. The van der Waals surface area contributed by atoms with Gasteiger partial charge in [-0.3, -0.25) is 0 Å². The molecule has 0 fully saturated rings. The largest absolute Gasteiger partial charge is 0.491 e. The summed E-state index contributed by atoms with van der Waals surface area (Å²) in [7, 11) is -3.69. The van der Waals surface area contributed by atoms with Gasteiger partial charge in [0.1, 0.15) is 25.6 Å². The van der Waals surface area contributed by atoms with E-state index in [2.05, 4.69) is 4.72 Å². The first-order valence-corrected chi connectivity index (χ1v) is 8.75. The van der Waals surface area contributed by atoms with Crippen molar-refractivity contribution in [3.8, 4) is 17.2 Å². The summed E-state index contributed by atoms with van der Waals surface area (Å²) in [5.41, 5.74) is 0.841. The van der Waals surface area contributed by atoms with Crippen LogP contribution >= 0.6 is 0 Å². The van der Waals surface area contributed by atoms with Gasteiger partial charge in [-0.15, -0.1) is 0 Å². The van der Waals surface area contributed by atoms with E-state index in [0.29, 0.717) is 30.5 Å². The first-order chi connectivity index (χ1) is 11.1. The molecule has 0 saturated carbocycles. The number of hydrogen-bond donors (Lipinski definition) is 1. The van der Waals surface area contributed by atoms with Gasteiger partial charge in [0.15, 0.2) is 11.5 Å². The van der Waals surface area contributed by atoms with Gasteiger partial charge in [0.2, 0.25) is 10.0 Å². The van der Waals surface area contributed by atoms with Crippen LogP contribution in [0, 0.1) is 0 Å². The van der Waals surface area contributed by atoms with Crippen molar-refractivity contribution in [2.45, 2.75) is 10.9 Å². The molecule has 0 radical (unpaired) electrons. The average Bonchev–Trinajstić information content (AvgIpc) is 2.97. The first kappa shape index (κ1) is 14.3. The minimum absolute atomic E-state index is 0.145. The van der Waals surface area contributed by atoms with E-state index in [1.165, 1.54) is 12.1 Å². The Labute approximate surface area is 134 Å². The van der Waals surface area contributed by atoms with Gasteiger partial charge < -0.3 is 14.2 Å². The molecule has 4 rings (SSSR count). The number of rotatable bonds is 3. The van der Waals surface area contributed by atoms with E-state index in [0.717, 1.165) is 5.56 Å². The van der Waals surface area contributed by atoms with Gasteiger partial charge in [0, 0.05) is 11.6 Å². The van der Waals surface area contributed by atoms with Crippen LogP contribution in [0.4, 0.5) is 0 Å².